The third-order valence-corrected chi connectivity index (χ3v) is 5.06. The van der Waals surface area contributed by atoms with Gasteiger partial charge < -0.3 is 10.5 Å². The summed E-state index contributed by atoms with van der Waals surface area (Å²) in [6, 6.07) is 5.12. The Balaban J connectivity index is 1.81. The first kappa shape index (κ1) is 18.2. The number of nitrogens with two attached hydrogens (primary N) is 1. The number of hydrogen-bond acceptors (Lipinski definition) is 5. The van der Waals surface area contributed by atoms with E-state index in [9.17, 15) is 13.2 Å². The van der Waals surface area contributed by atoms with Crippen molar-refractivity contribution in [3.63, 3.8) is 0 Å². The highest BCUT2D eigenvalue weighted by molar-refractivity contribution is 7.99. The zero-order valence-corrected chi connectivity index (χ0v) is 14.3. The van der Waals surface area contributed by atoms with Crippen LogP contribution in [0.25, 0.3) is 5.69 Å². The number of rotatable bonds is 6. The molecule has 5 nitrogen and oxygen atoms in total. The quantitative estimate of drug-likeness (QED) is 0.789. The molecule has 1 saturated heterocycles. The van der Waals surface area contributed by atoms with Gasteiger partial charge in [-0.2, -0.15) is 13.2 Å². The molecule has 0 bridgehead atoms. The van der Waals surface area contributed by atoms with Crippen LogP contribution in [0.2, 0.25) is 0 Å². The number of ether oxygens (including phenoxy) is 1. The highest BCUT2D eigenvalue weighted by Gasteiger charge is 2.31. The molecule has 0 aliphatic carbocycles. The molecule has 2 heterocycles. The predicted molar refractivity (Wildman–Crippen MR) is 88.5 cm³/mol. The summed E-state index contributed by atoms with van der Waals surface area (Å²) in [5.41, 5.74) is 5.34. The van der Waals surface area contributed by atoms with Crippen molar-refractivity contribution in [2.24, 2.45) is 11.7 Å². The summed E-state index contributed by atoms with van der Waals surface area (Å²) in [6.07, 6.45) is -2.38. The van der Waals surface area contributed by atoms with Crippen molar-refractivity contribution in [3.05, 3.63) is 35.7 Å². The van der Waals surface area contributed by atoms with E-state index < -0.39 is 11.7 Å². The summed E-state index contributed by atoms with van der Waals surface area (Å²) in [4.78, 5) is 0. The van der Waals surface area contributed by atoms with Crippen molar-refractivity contribution < 1.29 is 17.9 Å². The number of thioether (sulfide) groups is 1. The highest BCUT2D eigenvalue weighted by Crippen LogP contribution is 2.32. The Hall–Kier alpha value is -1.58. The van der Waals surface area contributed by atoms with Crippen LogP contribution < -0.4 is 5.73 Å². The second-order valence-electron chi connectivity index (χ2n) is 5.85. The molecule has 1 aromatic heterocycles. The number of aromatic nitrogens is 3. The smallest absolute Gasteiger partial charge is 0.381 e. The lowest BCUT2D eigenvalue weighted by Gasteiger charge is -2.13. The summed E-state index contributed by atoms with van der Waals surface area (Å²) in [6.45, 7) is 1.67. The molecule has 9 heteroatoms. The molecule has 0 amide bonds. The molecule has 2 aromatic rings. The van der Waals surface area contributed by atoms with Gasteiger partial charge in [0, 0.05) is 19.0 Å². The normalized spacial score (nSPS) is 18.0. The third kappa shape index (κ3) is 4.34. The van der Waals surface area contributed by atoms with E-state index in [2.05, 4.69) is 10.2 Å². The minimum Gasteiger partial charge on any atom is -0.381 e. The lowest BCUT2D eigenvalue weighted by atomic mass is 10.1. The number of nitrogens with zero attached hydrogens (tertiary/aromatic N) is 3. The molecule has 1 fully saturated rings. The minimum atomic E-state index is -4.40. The van der Waals surface area contributed by atoms with E-state index in [0.717, 1.165) is 43.9 Å². The molecule has 0 saturated carbocycles. The van der Waals surface area contributed by atoms with Crippen LogP contribution in [0, 0.1) is 5.92 Å². The van der Waals surface area contributed by atoms with Crippen molar-refractivity contribution in [2.75, 3.05) is 19.0 Å². The Bertz CT molecular complexity index is 714. The van der Waals surface area contributed by atoms with Crippen LogP contribution in [0.15, 0.2) is 29.4 Å². The summed E-state index contributed by atoms with van der Waals surface area (Å²) < 4.78 is 45.9. The fraction of sp³-hybridized carbons (Fsp3) is 0.500. The lowest BCUT2D eigenvalue weighted by molar-refractivity contribution is -0.137. The monoisotopic (exact) mass is 372 g/mol. The van der Waals surface area contributed by atoms with Gasteiger partial charge in [0.25, 0.3) is 0 Å². The molecule has 2 N–H and O–H groups in total. The predicted octanol–water partition coefficient (Wildman–Crippen LogP) is 3.26. The SMILES string of the molecule is NCc1nnc(SCCC2CCOC2)n1-c1cccc(C(F)(F)F)c1. The molecule has 136 valence electrons. The molecule has 1 unspecified atom stereocenters. The van der Waals surface area contributed by atoms with Crippen molar-refractivity contribution >= 4 is 11.8 Å². The van der Waals surface area contributed by atoms with Crippen molar-refractivity contribution in [3.8, 4) is 5.69 Å². The number of benzene rings is 1. The minimum absolute atomic E-state index is 0.0975. The van der Waals surface area contributed by atoms with Gasteiger partial charge in [-0.1, -0.05) is 17.8 Å². The Kier molecular flexibility index (Phi) is 5.65. The van der Waals surface area contributed by atoms with Gasteiger partial charge in [0.2, 0.25) is 0 Å². The fourth-order valence-corrected chi connectivity index (χ4v) is 3.81. The standard InChI is InChI=1S/C16H19F3N4OS/c17-16(18,19)12-2-1-3-13(8-12)23-14(9-20)21-22-15(23)25-7-5-11-4-6-24-10-11/h1-3,8,11H,4-7,9-10,20H2. The summed E-state index contributed by atoms with van der Waals surface area (Å²) >= 11 is 1.48. The van der Waals surface area contributed by atoms with Crippen LogP contribution >= 0.6 is 11.8 Å². The summed E-state index contributed by atoms with van der Waals surface area (Å²) in [7, 11) is 0. The maximum Gasteiger partial charge on any atom is 0.416 e. The number of alkyl halides is 3. The zero-order valence-electron chi connectivity index (χ0n) is 13.5. The van der Waals surface area contributed by atoms with Crippen LogP contribution in [0.3, 0.4) is 0 Å². The number of hydrogen-bond donors (Lipinski definition) is 1. The van der Waals surface area contributed by atoms with Gasteiger partial charge >= 0.3 is 6.18 Å². The van der Waals surface area contributed by atoms with E-state index in [1.807, 2.05) is 0 Å². The maximum absolute atomic E-state index is 13.0. The second kappa shape index (κ2) is 7.76. The maximum atomic E-state index is 13.0. The fourth-order valence-electron chi connectivity index (χ4n) is 2.73. The van der Waals surface area contributed by atoms with Gasteiger partial charge in [-0.3, -0.25) is 4.57 Å². The molecule has 1 aliphatic rings. The molecule has 25 heavy (non-hydrogen) atoms. The first-order valence-electron chi connectivity index (χ1n) is 8.01. The molecule has 0 spiro atoms. The van der Waals surface area contributed by atoms with Gasteiger partial charge in [0.15, 0.2) is 11.0 Å². The van der Waals surface area contributed by atoms with E-state index in [4.69, 9.17) is 10.5 Å². The van der Waals surface area contributed by atoms with Crippen LogP contribution in [-0.2, 0) is 17.5 Å². The molecule has 1 atom stereocenters. The Morgan fingerprint density at radius 1 is 1.32 bits per heavy atom. The average molecular weight is 372 g/mol. The Morgan fingerprint density at radius 3 is 2.84 bits per heavy atom. The zero-order chi connectivity index (χ0) is 17.9. The van der Waals surface area contributed by atoms with E-state index in [-0.39, 0.29) is 6.54 Å². The van der Waals surface area contributed by atoms with Crippen LogP contribution in [0.1, 0.15) is 24.2 Å². The molecule has 3 rings (SSSR count). The topological polar surface area (TPSA) is 66.0 Å². The summed E-state index contributed by atoms with van der Waals surface area (Å²) in [5, 5.41) is 8.67. The van der Waals surface area contributed by atoms with Gasteiger partial charge in [-0.05, 0) is 37.0 Å². The summed E-state index contributed by atoms with van der Waals surface area (Å²) in [5.74, 6) is 1.77. The molecule has 1 aromatic carbocycles. The van der Waals surface area contributed by atoms with E-state index in [1.165, 1.54) is 17.8 Å². The van der Waals surface area contributed by atoms with Crippen LogP contribution in [0.5, 0.6) is 0 Å². The molecular weight excluding hydrogens is 353 g/mol. The molecule has 1 aliphatic heterocycles. The first-order chi connectivity index (χ1) is 12.0. The van der Waals surface area contributed by atoms with Crippen molar-refractivity contribution in [1.82, 2.24) is 14.8 Å². The first-order valence-corrected chi connectivity index (χ1v) is 9.00. The molecule has 0 radical (unpaired) electrons. The Morgan fingerprint density at radius 2 is 2.16 bits per heavy atom. The van der Waals surface area contributed by atoms with Gasteiger partial charge in [0.1, 0.15) is 0 Å². The van der Waals surface area contributed by atoms with E-state index in [0.29, 0.717) is 22.6 Å². The lowest BCUT2D eigenvalue weighted by Crippen LogP contribution is -2.10. The number of halogens is 3. The van der Waals surface area contributed by atoms with Crippen LogP contribution in [0.4, 0.5) is 13.2 Å². The van der Waals surface area contributed by atoms with Gasteiger partial charge in [-0.25, -0.2) is 0 Å². The largest absolute Gasteiger partial charge is 0.416 e. The molecular formula is C16H19F3N4OS. The van der Waals surface area contributed by atoms with Crippen molar-refractivity contribution in [1.29, 1.82) is 0 Å². The van der Waals surface area contributed by atoms with Crippen molar-refractivity contribution in [2.45, 2.75) is 30.7 Å². The second-order valence-corrected chi connectivity index (χ2v) is 6.92. The third-order valence-electron chi connectivity index (χ3n) is 4.10. The van der Waals surface area contributed by atoms with Gasteiger partial charge in [0.05, 0.1) is 17.8 Å². The van der Waals surface area contributed by atoms with E-state index >= 15 is 0 Å². The highest BCUT2D eigenvalue weighted by atomic mass is 32.2. The van der Waals surface area contributed by atoms with Crippen LogP contribution in [-0.4, -0.2) is 33.7 Å². The van der Waals surface area contributed by atoms with Gasteiger partial charge in [-0.15, -0.1) is 10.2 Å². The Labute approximate surface area is 147 Å². The van der Waals surface area contributed by atoms with E-state index in [1.54, 1.807) is 10.6 Å². The average Bonchev–Trinajstić information content (AvgIpc) is 3.23.